The van der Waals surface area contributed by atoms with Gasteiger partial charge in [-0.15, -0.1) is 0 Å². The number of nitrogens with one attached hydrogen (secondary N) is 2. The highest BCUT2D eigenvalue weighted by atomic mass is 35.5. The SMILES string of the molecule is CN(CCN(C)C(=O)C1CC(F)(F)CN1C(=O)CNC(=O)c1ccnc2ccccc12)C(=O)Oc1ccc(Cl)cc1C(=O)Nc1ccc([N+](=O)[O-])cc1Cl. The maximum atomic E-state index is 14.6. The van der Waals surface area contributed by atoms with Gasteiger partial charge in [-0.05, 0) is 36.4 Å². The van der Waals surface area contributed by atoms with Crippen LogP contribution in [0.5, 0.6) is 5.75 Å². The van der Waals surface area contributed by atoms with Gasteiger partial charge in [0.1, 0.15) is 11.8 Å². The van der Waals surface area contributed by atoms with Crippen molar-refractivity contribution in [3.05, 3.63) is 104 Å². The maximum Gasteiger partial charge on any atom is 0.415 e. The van der Waals surface area contributed by atoms with Crippen LogP contribution in [0.1, 0.15) is 27.1 Å². The summed E-state index contributed by atoms with van der Waals surface area (Å²) in [6.45, 7) is -1.97. The molecule has 19 heteroatoms. The normalized spacial score (nSPS) is 14.6. The molecule has 1 aromatic heterocycles. The Hall–Kier alpha value is -5.94. The van der Waals surface area contributed by atoms with Crippen LogP contribution in [-0.4, -0.2) is 107 Å². The van der Waals surface area contributed by atoms with Gasteiger partial charge in [0.25, 0.3) is 23.4 Å². The molecular formula is C35H31Cl2F2N7O8. The zero-order valence-corrected chi connectivity index (χ0v) is 30.1. The number of hydrogen-bond acceptors (Lipinski definition) is 9. The van der Waals surface area contributed by atoms with Gasteiger partial charge in [-0.2, -0.15) is 0 Å². The molecule has 15 nitrogen and oxygen atoms in total. The van der Waals surface area contributed by atoms with E-state index in [1.807, 2.05) is 0 Å². The van der Waals surface area contributed by atoms with Crippen molar-refractivity contribution >= 4 is 75.2 Å². The molecule has 1 saturated heterocycles. The highest BCUT2D eigenvalue weighted by Gasteiger charge is 2.50. The predicted molar refractivity (Wildman–Crippen MR) is 193 cm³/mol. The number of nitro benzene ring substituents is 1. The van der Waals surface area contributed by atoms with E-state index in [1.54, 1.807) is 24.3 Å². The van der Waals surface area contributed by atoms with Crippen LogP contribution in [-0.2, 0) is 9.59 Å². The quantitative estimate of drug-likeness (QED) is 0.151. The van der Waals surface area contributed by atoms with Gasteiger partial charge in [0.2, 0.25) is 11.8 Å². The third-order valence-electron chi connectivity index (χ3n) is 8.42. The van der Waals surface area contributed by atoms with Crippen molar-refractivity contribution in [2.45, 2.75) is 18.4 Å². The lowest BCUT2D eigenvalue weighted by Crippen LogP contribution is -2.50. The average Bonchev–Trinajstić information content (AvgIpc) is 3.48. The van der Waals surface area contributed by atoms with Gasteiger partial charge in [0.15, 0.2) is 0 Å². The van der Waals surface area contributed by atoms with Gasteiger partial charge >= 0.3 is 6.09 Å². The number of hydrogen-bond donors (Lipinski definition) is 2. The molecular weight excluding hydrogens is 755 g/mol. The van der Waals surface area contributed by atoms with Crippen LogP contribution in [0.3, 0.4) is 0 Å². The van der Waals surface area contributed by atoms with Gasteiger partial charge < -0.3 is 30.1 Å². The first-order valence-electron chi connectivity index (χ1n) is 16.1. The van der Waals surface area contributed by atoms with Crippen LogP contribution in [0.25, 0.3) is 10.9 Å². The van der Waals surface area contributed by atoms with E-state index in [4.69, 9.17) is 27.9 Å². The zero-order chi connectivity index (χ0) is 39.3. The van der Waals surface area contributed by atoms with E-state index in [0.717, 1.165) is 26.8 Å². The zero-order valence-electron chi connectivity index (χ0n) is 28.6. The summed E-state index contributed by atoms with van der Waals surface area (Å²) in [4.78, 5) is 83.0. The minimum absolute atomic E-state index is 0.0399. The molecule has 1 aliphatic rings. The molecule has 1 atom stereocenters. The summed E-state index contributed by atoms with van der Waals surface area (Å²) in [5.41, 5.74) is 0.349. The van der Waals surface area contributed by atoms with Gasteiger partial charge in [0, 0.05) is 62.3 Å². The van der Waals surface area contributed by atoms with E-state index in [0.29, 0.717) is 10.9 Å². The Bertz CT molecular complexity index is 2150. The molecule has 54 heavy (non-hydrogen) atoms. The first kappa shape index (κ1) is 39.3. The Balaban J connectivity index is 1.18. The summed E-state index contributed by atoms with van der Waals surface area (Å²) in [7, 11) is 2.66. The molecule has 1 fully saturated rings. The molecule has 2 heterocycles. The van der Waals surface area contributed by atoms with Crippen LogP contribution in [0, 0.1) is 10.1 Å². The minimum Gasteiger partial charge on any atom is -0.409 e. The number of benzene rings is 3. The predicted octanol–water partition coefficient (Wildman–Crippen LogP) is 5.26. The largest absolute Gasteiger partial charge is 0.415 e. The molecule has 0 spiro atoms. The fourth-order valence-electron chi connectivity index (χ4n) is 5.55. The lowest BCUT2D eigenvalue weighted by molar-refractivity contribution is -0.384. The third-order valence-corrected chi connectivity index (χ3v) is 8.97. The number of aromatic nitrogens is 1. The Morgan fingerprint density at radius 3 is 2.43 bits per heavy atom. The summed E-state index contributed by atoms with van der Waals surface area (Å²) < 4.78 is 34.6. The smallest absolute Gasteiger partial charge is 0.409 e. The number of fused-ring (bicyclic) bond motifs is 1. The second-order valence-corrected chi connectivity index (χ2v) is 13.1. The number of amides is 5. The first-order valence-corrected chi connectivity index (χ1v) is 16.8. The van der Waals surface area contributed by atoms with Crippen molar-refractivity contribution in [2.24, 2.45) is 0 Å². The number of para-hydroxylation sites is 1. The van der Waals surface area contributed by atoms with Crippen molar-refractivity contribution in [1.29, 1.82) is 0 Å². The molecule has 2 N–H and O–H groups in total. The van der Waals surface area contributed by atoms with Crippen LogP contribution in [0.4, 0.5) is 25.0 Å². The Kier molecular flexibility index (Phi) is 11.9. The lowest BCUT2D eigenvalue weighted by Gasteiger charge is -2.28. The number of likely N-dealkylation sites (N-methyl/N-ethyl adjacent to an activating group) is 2. The lowest BCUT2D eigenvalue weighted by atomic mass is 10.1. The van der Waals surface area contributed by atoms with E-state index in [-0.39, 0.29) is 51.4 Å². The van der Waals surface area contributed by atoms with Crippen molar-refractivity contribution in [3.63, 3.8) is 0 Å². The Morgan fingerprint density at radius 2 is 1.70 bits per heavy atom. The molecule has 0 bridgehead atoms. The number of pyridine rings is 1. The van der Waals surface area contributed by atoms with Gasteiger partial charge in [-0.25, -0.2) is 13.6 Å². The van der Waals surface area contributed by atoms with Crippen LogP contribution >= 0.6 is 23.2 Å². The summed E-state index contributed by atoms with van der Waals surface area (Å²) >= 11 is 12.2. The number of nitrogens with zero attached hydrogens (tertiary/aromatic N) is 5. The molecule has 3 aromatic carbocycles. The van der Waals surface area contributed by atoms with Crippen molar-refractivity contribution in [2.75, 3.05) is 45.6 Å². The highest BCUT2D eigenvalue weighted by Crippen LogP contribution is 2.33. The van der Waals surface area contributed by atoms with Crippen molar-refractivity contribution < 1.29 is 42.4 Å². The molecule has 4 aromatic rings. The van der Waals surface area contributed by atoms with E-state index < -0.39 is 66.1 Å². The van der Waals surface area contributed by atoms with E-state index >= 15 is 0 Å². The summed E-state index contributed by atoms with van der Waals surface area (Å²) in [6, 6.07) is 14.0. The Morgan fingerprint density at radius 1 is 0.981 bits per heavy atom. The average molecular weight is 787 g/mol. The summed E-state index contributed by atoms with van der Waals surface area (Å²) in [6.07, 6.45) is -0.462. The van der Waals surface area contributed by atoms with Gasteiger partial charge in [0.05, 0.1) is 45.4 Å². The van der Waals surface area contributed by atoms with E-state index in [1.165, 1.54) is 50.6 Å². The summed E-state index contributed by atoms with van der Waals surface area (Å²) in [5, 5.41) is 16.5. The number of rotatable bonds is 11. The standard InChI is InChI=1S/C35H31Cl2F2N7O8/c1-43(33(50)28-17-35(38,39)19-45(28)30(47)18-41-31(48)23-11-12-40-26-6-4-3-5-22(23)26)13-14-44(2)34(51)54-29-10-7-20(36)15-24(29)32(49)42-27-9-8-21(46(52)53)16-25(27)37/h3-12,15-16,28H,13-14,17-19H2,1-2H3,(H,41,48)(H,42,49). The highest BCUT2D eigenvalue weighted by molar-refractivity contribution is 6.34. The monoisotopic (exact) mass is 785 g/mol. The molecule has 5 amide bonds. The fourth-order valence-corrected chi connectivity index (χ4v) is 5.95. The van der Waals surface area contributed by atoms with Crippen LogP contribution in [0.15, 0.2) is 72.9 Å². The number of likely N-dealkylation sites (tertiary alicyclic amines) is 1. The first-order chi connectivity index (χ1) is 25.5. The third kappa shape index (κ3) is 9.16. The number of ether oxygens (including phenoxy) is 1. The number of carbonyl (C=O) groups is 5. The van der Waals surface area contributed by atoms with Crippen LogP contribution < -0.4 is 15.4 Å². The number of carbonyl (C=O) groups excluding carboxylic acids is 5. The number of nitro groups is 1. The van der Waals surface area contributed by atoms with Gasteiger partial charge in [-0.3, -0.25) is 34.3 Å². The molecule has 282 valence electrons. The van der Waals surface area contributed by atoms with Gasteiger partial charge in [-0.1, -0.05) is 41.4 Å². The topological polar surface area (TPSA) is 184 Å². The second-order valence-electron chi connectivity index (χ2n) is 12.2. The second kappa shape index (κ2) is 16.4. The number of anilines is 1. The summed E-state index contributed by atoms with van der Waals surface area (Å²) in [5.74, 6) is -6.69. The molecule has 0 aliphatic carbocycles. The molecule has 1 aliphatic heterocycles. The van der Waals surface area contributed by atoms with Crippen molar-refractivity contribution in [1.82, 2.24) is 25.0 Å². The molecule has 1 unspecified atom stereocenters. The molecule has 5 rings (SSSR count). The van der Waals surface area contributed by atoms with Crippen LogP contribution in [0.2, 0.25) is 10.0 Å². The van der Waals surface area contributed by atoms with E-state index in [9.17, 15) is 42.9 Å². The van der Waals surface area contributed by atoms with E-state index in [2.05, 4.69) is 15.6 Å². The fraction of sp³-hybridized carbons (Fsp3) is 0.257. The number of non-ortho nitro benzene ring substituents is 1. The number of halogens is 4. The molecule has 0 radical (unpaired) electrons. The Labute approximate surface area is 315 Å². The van der Waals surface area contributed by atoms with Crippen molar-refractivity contribution in [3.8, 4) is 5.75 Å². The number of alkyl halides is 2. The maximum absolute atomic E-state index is 14.6. The molecule has 0 saturated carbocycles. The minimum atomic E-state index is -3.37.